The zero-order valence-electron chi connectivity index (χ0n) is 18.8. The normalized spacial score (nSPS) is 13.3. The number of aromatic nitrogens is 2. The Bertz CT molecular complexity index is 1630. The summed E-state index contributed by atoms with van der Waals surface area (Å²) in [6.45, 7) is 0. The Morgan fingerprint density at radius 2 is 1.68 bits per heavy atom. The van der Waals surface area contributed by atoms with Crippen molar-refractivity contribution in [1.82, 2.24) is 26.4 Å². The first-order valence-corrected chi connectivity index (χ1v) is 11.1. The molecule has 192 valence electrons. The zero-order valence-corrected chi connectivity index (χ0v) is 19.6. The van der Waals surface area contributed by atoms with Crippen LogP contribution in [0.25, 0.3) is 10.9 Å². The topological polar surface area (TPSA) is 110 Å². The molecule has 0 radical (unpaired) electrons. The number of hydrogen-bond acceptors (Lipinski definition) is 8. The molecule has 0 saturated heterocycles. The molecule has 1 atom stereocenters. The van der Waals surface area contributed by atoms with Gasteiger partial charge in [0.25, 0.3) is 0 Å². The van der Waals surface area contributed by atoms with Gasteiger partial charge in [0, 0.05) is 41.7 Å². The van der Waals surface area contributed by atoms with Crippen molar-refractivity contribution in [3.63, 3.8) is 0 Å². The Balaban J connectivity index is 1.63. The maximum atomic E-state index is 14.8. The second-order valence-electron chi connectivity index (χ2n) is 7.99. The maximum absolute atomic E-state index is 14.8. The van der Waals surface area contributed by atoms with Gasteiger partial charge in [-0.15, -0.1) is 0 Å². The number of hydrazine groups is 2. The van der Waals surface area contributed by atoms with Crippen LogP contribution in [0.4, 0.5) is 39.0 Å². The van der Waals surface area contributed by atoms with Crippen LogP contribution in [0.5, 0.6) is 0 Å². The molecule has 1 aliphatic rings. The summed E-state index contributed by atoms with van der Waals surface area (Å²) in [5.41, 5.74) is 8.36. The van der Waals surface area contributed by atoms with Crippen LogP contribution < -0.4 is 27.0 Å². The van der Waals surface area contributed by atoms with Gasteiger partial charge in [-0.05, 0) is 12.1 Å². The molecule has 0 aliphatic carbocycles. The molecule has 2 aromatic carbocycles. The summed E-state index contributed by atoms with van der Waals surface area (Å²) in [4.78, 5) is 7.52. The Morgan fingerprint density at radius 3 is 2.34 bits per heavy atom. The molecule has 0 unspecified atom stereocenters. The van der Waals surface area contributed by atoms with Gasteiger partial charge in [-0.25, -0.2) is 22.5 Å². The third-order valence-corrected chi connectivity index (χ3v) is 5.86. The first kappa shape index (κ1) is 25.0. The molecule has 3 heterocycles. The fourth-order valence-electron chi connectivity index (χ4n) is 3.91. The molecule has 38 heavy (non-hydrogen) atoms. The zero-order chi connectivity index (χ0) is 27.0. The third-order valence-electron chi connectivity index (χ3n) is 5.57. The summed E-state index contributed by atoms with van der Waals surface area (Å²) in [6, 6.07) is 5.65. The standard InChI is InChI=1S/C24H14ClF5N8/c25-15-4-12(35-23(19-9-34-38-37-19)20-16(27)1-11(26)2-17(20)28)3-14-21(10(6-31)7-32-22(14)15)36-13-5-18(29)24(30)33-8-13/h1-5,7-9,23,34-35,37-38H,(H,32,36)/t23-/m1/s1. The Kier molecular flexibility index (Phi) is 6.58. The predicted molar refractivity (Wildman–Crippen MR) is 129 cm³/mol. The summed E-state index contributed by atoms with van der Waals surface area (Å²) in [6.07, 6.45) is 3.68. The molecule has 4 aromatic rings. The van der Waals surface area contributed by atoms with Crippen LogP contribution in [0.3, 0.4) is 0 Å². The monoisotopic (exact) mass is 544 g/mol. The predicted octanol–water partition coefficient (Wildman–Crippen LogP) is 5.20. The van der Waals surface area contributed by atoms with E-state index in [9.17, 15) is 27.2 Å². The van der Waals surface area contributed by atoms with E-state index in [0.29, 0.717) is 12.1 Å². The maximum Gasteiger partial charge on any atom is 0.249 e. The molecule has 2 aromatic heterocycles. The van der Waals surface area contributed by atoms with Gasteiger partial charge < -0.3 is 21.5 Å². The van der Waals surface area contributed by atoms with Crippen LogP contribution in [0.15, 0.2) is 54.6 Å². The number of pyridine rings is 2. The molecule has 14 heteroatoms. The van der Waals surface area contributed by atoms with Crippen LogP contribution in [-0.2, 0) is 0 Å². The third kappa shape index (κ3) is 4.70. The van der Waals surface area contributed by atoms with Gasteiger partial charge in [-0.2, -0.15) is 15.2 Å². The molecule has 5 rings (SSSR count). The number of fused-ring (bicyclic) bond motifs is 1. The fraction of sp³-hybridized carbons (Fsp3) is 0.0417. The van der Waals surface area contributed by atoms with Crippen molar-refractivity contribution in [3.05, 3.63) is 100.0 Å². The second kappa shape index (κ2) is 10.0. The lowest BCUT2D eigenvalue weighted by Crippen LogP contribution is -2.34. The van der Waals surface area contributed by atoms with Crippen LogP contribution in [0.2, 0.25) is 5.02 Å². The number of halogens is 6. The second-order valence-corrected chi connectivity index (χ2v) is 8.40. The van der Waals surface area contributed by atoms with Crippen LogP contribution in [0, 0.1) is 40.5 Å². The summed E-state index contributed by atoms with van der Waals surface area (Å²) in [5, 5.41) is 15.8. The fourth-order valence-corrected chi connectivity index (χ4v) is 4.18. The van der Waals surface area contributed by atoms with Crippen LogP contribution in [0.1, 0.15) is 17.2 Å². The Morgan fingerprint density at radius 1 is 0.921 bits per heavy atom. The smallest absolute Gasteiger partial charge is 0.249 e. The lowest BCUT2D eigenvalue weighted by atomic mass is 10.0. The molecule has 0 bridgehead atoms. The minimum atomic E-state index is -1.30. The lowest BCUT2D eigenvalue weighted by molar-refractivity contribution is 0.480. The molecule has 8 nitrogen and oxygen atoms in total. The SMILES string of the molecule is N#Cc1cnc2c(Cl)cc(N[C@H](C3=CNNN3)c3c(F)cc(F)cc3F)cc2c1Nc1cnc(F)c(F)c1. The quantitative estimate of drug-likeness (QED) is 0.166. The molecule has 0 fully saturated rings. The number of nitrogens with one attached hydrogen (secondary N) is 5. The highest BCUT2D eigenvalue weighted by atomic mass is 35.5. The molecule has 0 spiro atoms. The first-order valence-electron chi connectivity index (χ1n) is 10.7. The minimum absolute atomic E-state index is 0.0353. The van der Waals surface area contributed by atoms with Gasteiger partial charge in [-0.3, -0.25) is 4.98 Å². The van der Waals surface area contributed by atoms with Crippen molar-refractivity contribution in [2.24, 2.45) is 0 Å². The number of nitrogens with zero attached hydrogens (tertiary/aromatic N) is 3. The van der Waals surface area contributed by atoms with Gasteiger partial charge in [0.15, 0.2) is 5.82 Å². The van der Waals surface area contributed by atoms with Gasteiger partial charge >= 0.3 is 0 Å². The first-order chi connectivity index (χ1) is 18.2. The highest BCUT2D eigenvalue weighted by Crippen LogP contribution is 2.37. The van der Waals surface area contributed by atoms with E-state index in [1.54, 1.807) is 0 Å². The van der Waals surface area contributed by atoms with E-state index >= 15 is 0 Å². The highest BCUT2D eigenvalue weighted by Gasteiger charge is 2.27. The van der Waals surface area contributed by atoms with Gasteiger partial charge in [0.2, 0.25) is 5.95 Å². The molecule has 1 aliphatic heterocycles. The molecule has 0 amide bonds. The molecule has 0 saturated carbocycles. The molecular weight excluding hydrogens is 531 g/mol. The number of hydrogen-bond donors (Lipinski definition) is 5. The van der Waals surface area contributed by atoms with E-state index in [0.717, 1.165) is 12.3 Å². The van der Waals surface area contributed by atoms with Gasteiger partial charge in [-0.1, -0.05) is 11.6 Å². The lowest BCUT2D eigenvalue weighted by Gasteiger charge is -2.23. The number of nitriles is 1. The van der Waals surface area contributed by atoms with Crippen LogP contribution >= 0.6 is 11.6 Å². The van der Waals surface area contributed by atoms with Crippen molar-refractivity contribution >= 4 is 39.6 Å². The number of anilines is 3. The minimum Gasteiger partial charge on any atom is -0.373 e. The molecular formula is C24H14ClF5N8. The van der Waals surface area contributed by atoms with E-state index in [4.69, 9.17) is 11.6 Å². The largest absolute Gasteiger partial charge is 0.373 e. The van der Waals surface area contributed by atoms with Crippen molar-refractivity contribution in [1.29, 1.82) is 5.26 Å². The van der Waals surface area contributed by atoms with E-state index in [-0.39, 0.29) is 44.2 Å². The van der Waals surface area contributed by atoms with Crippen molar-refractivity contribution in [3.8, 4) is 6.07 Å². The highest BCUT2D eigenvalue weighted by molar-refractivity contribution is 6.36. The van der Waals surface area contributed by atoms with Gasteiger partial charge in [0.1, 0.15) is 29.6 Å². The van der Waals surface area contributed by atoms with Crippen molar-refractivity contribution < 1.29 is 22.0 Å². The van der Waals surface area contributed by atoms with E-state index in [1.165, 1.54) is 24.5 Å². The average molecular weight is 545 g/mol. The van der Waals surface area contributed by atoms with Crippen LogP contribution in [-0.4, -0.2) is 9.97 Å². The number of rotatable bonds is 6. The van der Waals surface area contributed by atoms with Crippen molar-refractivity contribution in [2.75, 3.05) is 10.6 Å². The van der Waals surface area contributed by atoms with E-state index < -0.39 is 40.8 Å². The van der Waals surface area contributed by atoms with Crippen molar-refractivity contribution in [2.45, 2.75) is 6.04 Å². The van der Waals surface area contributed by atoms with E-state index in [1.807, 2.05) is 6.07 Å². The summed E-state index contributed by atoms with van der Waals surface area (Å²) >= 11 is 6.46. The van der Waals surface area contributed by atoms with Gasteiger partial charge in [0.05, 0.1) is 44.9 Å². The Labute approximate surface area is 216 Å². The van der Waals surface area contributed by atoms with E-state index in [2.05, 4.69) is 37.0 Å². The number of benzene rings is 2. The summed E-state index contributed by atoms with van der Waals surface area (Å²) < 4.78 is 70.2. The molecule has 5 N–H and O–H groups in total. The summed E-state index contributed by atoms with van der Waals surface area (Å²) in [5.74, 6) is -5.86. The Hall–Kier alpha value is -4.67. The average Bonchev–Trinajstić information content (AvgIpc) is 3.40. The summed E-state index contributed by atoms with van der Waals surface area (Å²) in [7, 11) is 0.